The summed E-state index contributed by atoms with van der Waals surface area (Å²) in [5.74, 6) is -0.167. The lowest BCUT2D eigenvalue weighted by atomic mass is 9.98. The summed E-state index contributed by atoms with van der Waals surface area (Å²) in [7, 11) is 0. The zero-order valence-corrected chi connectivity index (χ0v) is 11.4. The molecule has 5 heteroatoms. The highest BCUT2D eigenvalue weighted by Crippen LogP contribution is 2.29. The van der Waals surface area contributed by atoms with Gasteiger partial charge in [0.05, 0.1) is 5.56 Å². The number of rotatable bonds is 3. The number of nitrogens with two attached hydrogens (primary N) is 1. The number of carbonyl (C=O) groups excluding carboxylic acids is 1. The van der Waals surface area contributed by atoms with Crippen molar-refractivity contribution in [3.8, 4) is 0 Å². The molecule has 2 aromatic rings. The van der Waals surface area contributed by atoms with Gasteiger partial charge in [-0.05, 0) is 36.2 Å². The number of halogens is 3. The molecule has 0 saturated heterocycles. The molecule has 0 bridgehead atoms. The number of nitrogen functional groups attached to an aromatic ring is 1. The standard InChI is InChI=1S/C16H14F3NO/c1-10-13(3-2-4-14(10)20)15(21)9-11-5-7-12(8-6-11)16(17,18)19/h2-8H,9,20H2,1H3. The fraction of sp³-hybridized carbons (Fsp3) is 0.188. The van der Waals surface area contributed by atoms with Gasteiger partial charge >= 0.3 is 6.18 Å². The van der Waals surface area contributed by atoms with Gasteiger partial charge in [0.1, 0.15) is 0 Å². The molecular weight excluding hydrogens is 279 g/mol. The Morgan fingerprint density at radius 2 is 1.71 bits per heavy atom. The van der Waals surface area contributed by atoms with Gasteiger partial charge in [-0.25, -0.2) is 0 Å². The smallest absolute Gasteiger partial charge is 0.398 e. The van der Waals surface area contributed by atoms with E-state index in [2.05, 4.69) is 0 Å². The third-order valence-corrected chi connectivity index (χ3v) is 3.32. The Balaban J connectivity index is 2.18. The minimum absolute atomic E-state index is 0.0441. The van der Waals surface area contributed by atoms with Gasteiger partial charge < -0.3 is 5.73 Å². The highest BCUT2D eigenvalue weighted by Gasteiger charge is 2.30. The van der Waals surface area contributed by atoms with Crippen LogP contribution in [0.4, 0.5) is 18.9 Å². The van der Waals surface area contributed by atoms with Crippen molar-refractivity contribution in [1.82, 2.24) is 0 Å². The van der Waals surface area contributed by atoms with Crippen LogP contribution in [0.2, 0.25) is 0 Å². The van der Waals surface area contributed by atoms with Crippen molar-refractivity contribution in [2.75, 3.05) is 5.73 Å². The zero-order chi connectivity index (χ0) is 15.6. The van der Waals surface area contributed by atoms with Crippen LogP contribution in [0.5, 0.6) is 0 Å². The zero-order valence-electron chi connectivity index (χ0n) is 11.4. The molecular formula is C16H14F3NO. The lowest BCUT2D eigenvalue weighted by Gasteiger charge is -2.09. The van der Waals surface area contributed by atoms with E-state index in [1.807, 2.05) is 0 Å². The number of alkyl halides is 3. The summed E-state index contributed by atoms with van der Waals surface area (Å²) in [4.78, 5) is 12.2. The second-order valence-electron chi connectivity index (χ2n) is 4.81. The predicted octanol–water partition coefficient (Wildman–Crippen LogP) is 4.02. The largest absolute Gasteiger partial charge is 0.416 e. The van der Waals surface area contributed by atoms with E-state index < -0.39 is 11.7 Å². The van der Waals surface area contributed by atoms with E-state index in [1.165, 1.54) is 12.1 Å². The quantitative estimate of drug-likeness (QED) is 0.686. The van der Waals surface area contributed by atoms with Crippen LogP contribution in [-0.4, -0.2) is 5.78 Å². The maximum atomic E-state index is 12.5. The maximum absolute atomic E-state index is 12.5. The van der Waals surface area contributed by atoms with Gasteiger partial charge in [0.2, 0.25) is 0 Å². The average molecular weight is 293 g/mol. The fourth-order valence-corrected chi connectivity index (χ4v) is 2.05. The highest BCUT2D eigenvalue weighted by molar-refractivity contribution is 5.99. The van der Waals surface area contributed by atoms with Gasteiger partial charge in [0, 0.05) is 17.7 Å². The van der Waals surface area contributed by atoms with Crippen LogP contribution >= 0.6 is 0 Å². The molecule has 0 heterocycles. The summed E-state index contributed by atoms with van der Waals surface area (Å²) in [5.41, 5.74) is 7.26. The molecule has 2 nitrogen and oxygen atoms in total. The van der Waals surface area contributed by atoms with Crippen molar-refractivity contribution in [1.29, 1.82) is 0 Å². The minimum Gasteiger partial charge on any atom is -0.398 e. The Bertz CT molecular complexity index is 660. The van der Waals surface area contributed by atoms with Crippen LogP contribution in [0.25, 0.3) is 0 Å². The lowest BCUT2D eigenvalue weighted by Crippen LogP contribution is -2.08. The van der Waals surface area contributed by atoms with Crippen molar-refractivity contribution >= 4 is 11.5 Å². The number of Topliss-reactive ketones (excluding diaryl/α,β-unsaturated/α-hetero) is 1. The number of anilines is 1. The number of benzene rings is 2. The van der Waals surface area contributed by atoms with Crippen molar-refractivity contribution < 1.29 is 18.0 Å². The molecule has 0 amide bonds. The third-order valence-electron chi connectivity index (χ3n) is 3.32. The van der Waals surface area contributed by atoms with Crippen molar-refractivity contribution in [3.05, 3.63) is 64.7 Å². The first kappa shape index (κ1) is 15.1. The van der Waals surface area contributed by atoms with Crippen LogP contribution in [0.3, 0.4) is 0 Å². The SMILES string of the molecule is Cc1c(N)cccc1C(=O)Cc1ccc(C(F)(F)F)cc1. The normalized spacial score (nSPS) is 11.4. The van der Waals surface area contributed by atoms with E-state index in [-0.39, 0.29) is 12.2 Å². The van der Waals surface area contributed by atoms with Crippen LogP contribution < -0.4 is 5.73 Å². The van der Waals surface area contributed by atoms with E-state index in [4.69, 9.17) is 5.73 Å². The third kappa shape index (κ3) is 3.42. The van der Waals surface area contributed by atoms with Gasteiger partial charge in [-0.3, -0.25) is 4.79 Å². The molecule has 0 aliphatic carbocycles. The Hall–Kier alpha value is -2.30. The van der Waals surface area contributed by atoms with Crippen LogP contribution in [0.1, 0.15) is 27.0 Å². The topological polar surface area (TPSA) is 43.1 Å². The van der Waals surface area contributed by atoms with Gasteiger partial charge in [-0.1, -0.05) is 24.3 Å². The molecule has 0 aliphatic heterocycles. The van der Waals surface area contributed by atoms with Crippen LogP contribution in [0.15, 0.2) is 42.5 Å². The van der Waals surface area contributed by atoms with Gasteiger partial charge in [0.25, 0.3) is 0 Å². The maximum Gasteiger partial charge on any atom is 0.416 e. The molecule has 2 N–H and O–H groups in total. The number of hydrogen-bond donors (Lipinski definition) is 1. The van der Waals surface area contributed by atoms with Gasteiger partial charge in [0.15, 0.2) is 5.78 Å². The minimum atomic E-state index is -4.37. The summed E-state index contributed by atoms with van der Waals surface area (Å²) < 4.78 is 37.4. The second kappa shape index (κ2) is 5.60. The molecule has 2 rings (SSSR count). The van der Waals surface area contributed by atoms with E-state index in [0.717, 1.165) is 12.1 Å². The Morgan fingerprint density at radius 3 is 2.29 bits per heavy atom. The molecule has 0 atom stereocenters. The van der Waals surface area contributed by atoms with Gasteiger partial charge in [-0.15, -0.1) is 0 Å². The van der Waals surface area contributed by atoms with Gasteiger partial charge in [-0.2, -0.15) is 13.2 Å². The number of hydrogen-bond acceptors (Lipinski definition) is 2. The summed E-state index contributed by atoms with van der Waals surface area (Å²) in [5, 5.41) is 0. The van der Waals surface area contributed by atoms with Crippen LogP contribution in [-0.2, 0) is 12.6 Å². The molecule has 0 aromatic heterocycles. The van der Waals surface area contributed by atoms with Crippen molar-refractivity contribution in [2.45, 2.75) is 19.5 Å². The molecule has 0 spiro atoms. The van der Waals surface area contributed by atoms with E-state index in [1.54, 1.807) is 25.1 Å². The monoisotopic (exact) mass is 293 g/mol. The Labute approximate surface area is 120 Å². The molecule has 110 valence electrons. The van der Waals surface area contributed by atoms with E-state index in [0.29, 0.717) is 22.4 Å². The molecule has 0 unspecified atom stereocenters. The molecule has 21 heavy (non-hydrogen) atoms. The second-order valence-corrected chi connectivity index (χ2v) is 4.81. The van der Waals surface area contributed by atoms with Crippen molar-refractivity contribution in [3.63, 3.8) is 0 Å². The lowest BCUT2D eigenvalue weighted by molar-refractivity contribution is -0.137. The van der Waals surface area contributed by atoms with Crippen LogP contribution in [0, 0.1) is 6.92 Å². The van der Waals surface area contributed by atoms with Crippen molar-refractivity contribution in [2.24, 2.45) is 0 Å². The highest BCUT2D eigenvalue weighted by atomic mass is 19.4. The summed E-state index contributed by atoms with van der Waals surface area (Å²) in [6, 6.07) is 9.65. The Kier molecular flexibility index (Phi) is 4.02. The summed E-state index contributed by atoms with van der Waals surface area (Å²) in [6.07, 6.45) is -4.32. The number of carbonyl (C=O) groups is 1. The summed E-state index contributed by atoms with van der Waals surface area (Å²) >= 11 is 0. The first-order valence-corrected chi connectivity index (χ1v) is 6.33. The first-order chi connectivity index (χ1) is 9.79. The summed E-state index contributed by atoms with van der Waals surface area (Å²) in [6.45, 7) is 1.75. The molecule has 0 saturated carbocycles. The first-order valence-electron chi connectivity index (χ1n) is 6.33. The predicted molar refractivity (Wildman–Crippen MR) is 75.1 cm³/mol. The molecule has 0 aliphatic rings. The average Bonchev–Trinajstić information content (AvgIpc) is 2.41. The molecule has 0 radical (unpaired) electrons. The van der Waals surface area contributed by atoms with E-state index >= 15 is 0 Å². The fourth-order valence-electron chi connectivity index (χ4n) is 2.05. The van der Waals surface area contributed by atoms with E-state index in [9.17, 15) is 18.0 Å². The molecule has 0 fully saturated rings. The Morgan fingerprint density at radius 1 is 1.10 bits per heavy atom. The molecule has 2 aromatic carbocycles. The number of ketones is 1.